The van der Waals surface area contributed by atoms with E-state index in [4.69, 9.17) is 9.16 Å². The topological polar surface area (TPSA) is 38.7 Å². The molecule has 1 N–H and O–H groups in total. The van der Waals surface area contributed by atoms with Crippen LogP contribution in [0.15, 0.2) is 12.7 Å². The first kappa shape index (κ1) is 16.9. The second kappa shape index (κ2) is 6.53. The van der Waals surface area contributed by atoms with Crippen LogP contribution in [-0.4, -0.2) is 38.3 Å². The van der Waals surface area contributed by atoms with Gasteiger partial charge in [0.2, 0.25) is 0 Å². The Morgan fingerprint density at radius 2 is 2.05 bits per heavy atom. The van der Waals surface area contributed by atoms with E-state index in [1.165, 1.54) is 0 Å². The number of aliphatic hydroxyl groups is 1. The predicted octanol–water partition coefficient (Wildman–Crippen LogP) is 3.49. The first-order valence-electron chi connectivity index (χ1n) is 7.27. The van der Waals surface area contributed by atoms with Crippen molar-refractivity contribution in [1.29, 1.82) is 0 Å². The summed E-state index contributed by atoms with van der Waals surface area (Å²) in [6.45, 7) is 15.7. The van der Waals surface area contributed by atoms with E-state index in [-0.39, 0.29) is 17.2 Å². The predicted molar refractivity (Wildman–Crippen MR) is 81.9 cm³/mol. The standard InChI is InChI=1S/C15H30O3Si/c1-7-13(16)14-9-8-12(18-14)10-11-17-19(5,6)15(2,3)4/h7,12-14,16H,1,8-11H2,2-6H3/t12-,13+,14-/m1/s1. The molecule has 0 aliphatic carbocycles. The molecule has 1 saturated heterocycles. The fourth-order valence-corrected chi connectivity index (χ4v) is 3.07. The highest BCUT2D eigenvalue weighted by Gasteiger charge is 2.37. The highest BCUT2D eigenvalue weighted by Crippen LogP contribution is 2.36. The molecule has 0 bridgehead atoms. The van der Waals surface area contributed by atoms with Crippen molar-refractivity contribution in [2.75, 3.05) is 6.61 Å². The molecule has 4 heteroatoms. The zero-order valence-electron chi connectivity index (χ0n) is 13.1. The zero-order chi connectivity index (χ0) is 14.7. The third kappa shape index (κ3) is 4.70. The molecule has 0 saturated carbocycles. The molecule has 1 aliphatic rings. The van der Waals surface area contributed by atoms with Gasteiger partial charge in [0.1, 0.15) is 0 Å². The maximum atomic E-state index is 9.67. The van der Waals surface area contributed by atoms with Gasteiger partial charge in [0.25, 0.3) is 0 Å². The van der Waals surface area contributed by atoms with Gasteiger partial charge in [-0.05, 0) is 37.4 Å². The Labute approximate surface area is 119 Å². The Hall–Kier alpha value is -0.163. The van der Waals surface area contributed by atoms with Crippen LogP contribution in [-0.2, 0) is 9.16 Å². The summed E-state index contributed by atoms with van der Waals surface area (Å²) >= 11 is 0. The Morgan fingerprint density at radius 1 is 1.42 bits per heavy atom. The minimum atomic E-state index is -1.64. The first-order valence-corrected chi connectivity index (χ1v) is 10.2. The van der Waals surface area contributed by atoms with Crippen molar-refractivity contribution in [3.05, 3.63) is 12.7 Å². The van der Waals surface area contributed by atoms with E-state index in [2.05, 4.69) is 40.4 Å². The van der Waals surface area contributed by atoms with Crippen LogP contribution in [0.4, 0.5) is 0 Å². The molecule has 112 valence electrons. The van der Waals surface area contributed by atoms with Crippen molar-refractivity contribution in [3.8, 4) is 0 Å². The van der Waals surface area contributed by atoms with E-state index >= 15 is 0 Å². The average molecular weight is 286 g/mol. The average Bonchev–Trinajstić information content (AvgIpc) is 2.75. The third-order valence-electron chi connectivity index (χ3n) is 4.47. The van der Waals surface area contributed by atoms with Crippen LogP contribution in [0.3, 0.4) is 0 Å². The molecule has 1 rings (SSSR count). The fraction of sp³-hybridized carbons (Fsp3) is 0.867. The van der Waals surface area contributed by atoms with Gasteiger partial charge in [0.05, 0.1) is 18.3 Å². The lowest BCUT2D eigenvalue weighted by molar-refractivity contribution is -0.0218. The molecule has 0 unspecified atom stereocenters. The summed E-state index contributed by atoms with van der Waals surface area (Å²) < 4.78 is 12.0. The van der Waals surface area contributed by atoms with E-state index in [0.717, 1.165) is 25.9 Å². The van der Waals surface area contributed by atoms with Gasteiger partial charge in [-0.2, -0.15) is 0 Å². The van der Waals surface area contributed by atoms with Crippen LogP contribution < -0.4 is 0 Å². The lowest BCUT2D eigenvalue weighted by Crippen LogP contribution is -2.41. The van der Waals surface area contributed by atoms with Gasteiger partial charge in [-0.1, -0.05) is 26.8 Å². The van der Waals surface area contributed by atoms with Crippen molar-refractivity contribution in [3.63, 3.8) is 0 Å². The lowest BCUT2D eigenvalue weighted by Gasteiger charge is -2.36. The molecular formula is C15H30O3Si. The summed E-state index contributed by atoms with van der Waals surface area (Å²) in [4.78, 5) is 0. The number of aliphatic hydroxyl groups excluding tert-OH is 1. The van der Waals surface area contributed by atoms with E-state index < -0.39 is 14.4 Å². The van der Waals surface area contributed by atoms with Crippen LogP contribution in [0, 0.1) is 0 Å². The highest BCUT2D eigenvalue weighted by molar-refractivity contribution is 6.74. The van der Waals surface area contributed by atoms with Crippen molar-refractivity contribution in [1.82, 2.24) is 0 Å². The molecule has 0 radical (unpaired) electrons. The van der Waals surface area contributed by atoms with Crippen LogP contribution in [0.5, 0.6) is 0 Å². The van der Waals surface area contributed by atoms with E-state index in [0.29, 0.717) is 0 Å². The quantitative estimate of drug-likeness (QED) is 0.600. The summed E-state index contributed by atoms with van der Waals surface area (Å²) in [6, 6.07) is 0. The largest absolute Gasteiger partial charge is 0.417 e. The summed E-state index contributed by atoms with van der Waals surface area (Å²) in [5.74, 6) is 0. The summed E-state index contributed by atoms with van der Waals surface area (Å²) in [6.07, 6.45) is 4.02. The van der Waals surface area contributed by atoms with Crippen molar-refractivity contribution >= 4 is 8.32 Å². The van der Waals surface area contributed by atoms with Crippen LogP contribution in [0.1, 0.15) is 40.0 Å². The minimum absolute atomic E-state index is 0.0737. The van der Waals surface area contributed by atoms with Gasteiger partial charge < -0.3 is 14.3 Å². The van der Waals surface area contributed by atoms with Gasteiger partial charge in [-0.15, -0.1) is 6.58 Å². The first-order chi connectivity index (χ1) is 8.67. The van der Waals surface area contributed by atoms with Gasteiger partial charge in [-0.3, -0.25) is 0 Å². The molecule has 0 aromatic heterocycles. The lowest BCUT2D eigenvalue weighted by atomic mass is 10.1. The number of hydrogen-bond donors (Lipinski definition) is 1. The van der Waals surface area contributed by atoms with Gasteiger partial charge in [0, 0.05) is 6.61 Å². The summed E-state index contributed by atoms with van der Waals surface area (Å²) in [7, 11) is -1.64. The Morgan fingerprint density at radius 3 is 2.58 bits per heavy atom. The normalized spacial score (nSPS) is 26.4. The molecule has 0 spiro atoms. The highest BCUT2D eigenvalue weighted by atomic mass is 28.4. The molecular weight excluding hydrogens is 256 g/mol. The number of rotatable bonds is 6. The minimum Gasteiger partial charge on any atom is -0.417 e. The number of hydrogen-bond acceptors (Lipinski definition) is 3. The van der Waals surface area contributed by atoms with Gasteiger partial charge >= 0.3 is 0 Å². The maximum absolute atomic E-state index is 9.67. The molecule has 1 aliphatic heterocycles. The molecule has 3 nitrogen and oxygen atoms in total. The third-order valence-corrected chi connectivity index (χ3v) is 9.01. The molecule has 3 atom stereocenters. The number of ether oxygens (including phenoxy) is 1. The van der Waals surface area contributed by atoms with Crippen LogP contribution >= 0.6 is 0 Å². The van der Waals surface area contributed by atoms with Crippen molar-refractivity contribution in [2.24, 2.45) is 0 Å². The van der Waals surface area contributed by atoms with E-state index in [1.807, 2.05) is 0 Å². The van der Waals surface area contributed by atoms with E-state index in [1.54, 1.807) is 6.08 Å². The van der Waals surface area contributed by atoms with E-state index in [9.17, 15) is 5.11 Å². The van der Waals surface area contributed by atoms with Crippen molar-refractivity contribution in [2.45, 2.75) is 76.5 Å². The van der Waals surface area contributed by atoms with Crippen LogP contribution in [0.25, 0.3) is 0 Å². The Balaban J connectivity index is 2.30. The molecule has 0 aromatic carbocycles. The molecule has 1 fully saturated rings. The molecule has 1 heterocycles. The van der Waals surface area contributed by atoms with Crippen LogP contribution in [0.2, 0.25) is 18.1 Å². The second-order valence-corrected chi connectivity index (χ2v) is 11.8. The summed E-state index contributed by atoms with van der Waals surface area (Å²) in [5.41, 5.74) is 0. The van der Waals surface area contributed by atoms with Gasteiger partial charge in [0.15, 0.2) is 8.32 Å². The Kier molecular flexibility index (Phi) is 5.80. The Bertz CT molecular complexity index is 296. The summed E-state index contributed by atoms with van der Waals surface area (Å²) in [5, 5.41) is 9.92. The zero-order valence-corrected chi connectivity index (χ0v) is 14.1. The molecule has 0 aromatic rings. The maximum Gasteiger partial charge on any atom is 0.191 e. The van der Waals surface area contributed by atoms with Crippen molar-refractivity contribution < 1.29 is 14.3 Å². The second-order valence-electron chi connectivity index (χ2n) is 7.00. The fourth-order valence-electron chi connectivity index (χ4n) is 2.01. The smallest absolute Gasteiger partial charge is 0.191 e. The van der Waals surface area contributed by atoms with Gasteiger partial charge in [-0.25, -0.2) is 0 Å². The molecule has 19 heavy (non-hydrogen) atoms. The monoisotopic (exact) mass is 286 g/mol. The molecule has 0 amide bonds. The SMILES string of the molecule is C=C[C@H](O)[C@H]1CC[C@H](CCO[Si](C)(C)C(C)(C)C)O1.